The van der Waals surface area contributed by atoms with Crippen LogP contribution >= 0.6 is 0 Å². The summed E-state index contributed by atoms with van der Waals surface area (Å²) in [6, 6.07) is 20.0. The van der Waals surface area contributed by atoms with Gasteiger partial charge < -0.3 is 19.3 Å². The lowest BCUT2D eigenvalue weighted by atomic mass is 10.0. The van der Waals surface area contributed by atoms with Crippen LogP contribution in [0.1, 0.15) is 24.5 Å². The summed E-state index contributed by atoms with van der Waals surface area (Å²) in [5.41, 5.74) is 2.20. The van der Waals surface area contributed by atoms with Crippen LogP contribution in [0.5, 0.6) is 0 Å². The molecule has 0 unspecified atom stereocenters. The Morgan fingerprint density at radius 2 is 1.38 bits per heavy atom. The van der Waals surface area contributed by atoms with Crippen LogP contribution in [-0.4, -0.2) is 29.7 Å². The molecule has 2 aromatic carbocycles. The second kappa shape index (κ2) is 8.40. The summed E-state index contributed by atoms with van der Waals surface area (Å²) in [5, 5.41) is 10.1. The highest BCUT2D eigenvalue weighted by molar-refractivity contribution is 5.14. The molecular formula is C20H24O4. The van der Waals surface area contributed by atoms with Crippen molar-refractivity contribution >= 4 is 0 Å². The van der Waals surface area contributed by atoms with Gasteiger partial charge in [-0.1, -0.05) is 60.7 Å². The van der Waals surface area contributed by atoms with E-state index in [1.807, 2.05) is 67.6 Å². The van der Waals surface area contributed by atoms with Crippen LogP contribution in [0.3, 0.4) is 0 Å². The fourth-order valence-corrected chi connectivity index (χ4v) is 2.84. The Hall–Kier alpha value is -1.72. The van der Waals surface area contributed by atoms with Gasteiger partial charge in [0.25, 0.3) is 0 Å². The molecule has 128 valence electrons. The molecule has 0 spiro atoms. The molecule has 2 aromatic rings. The number of aliphatic hydroxyl groups is 1. The zero-order valence-corrected chi connectivity index (χ0v) is 13.9. The monoisotopic (exact) mass is 328 g/mol. The zero-order chi connectivity index (χ0) is 16.8. The van der Waals surface area contributed by atoms with Crippen molar-refractivity contribution in [2.75, 3.05) is 0 Å². The number of benzene rings is 2. The molecule has 4 atom stereocenters. The van der Waals surface area contributed by atoms with Gasteiger partial charge in [0, 0.05) is 6.42 Å². The first kappa shape index (κ1) is 17.1. The zero-order valence-electron chi connectivity index (χ0n) is 13.9. The van der Waals surface area contributed by atoms with Crippen LogP contribution in [0, 0.1) is 0 Å². The van der Waals surface area contributed by atoms with Crippen LogP contribution < -0.4 is 0 Å². The Morgan fingerprint density at radius 3 is 1.92 bits per heavy atom. The highest BCUT2D eigenvalue weighted by atomic mass is 16.7. The molecule has 1 saturated heterocycles. The summed E-state index contributed by atoms with van der Waals surface area (Å²) >= 11 is 0. The van der Waals surface area contributed by atoms with E-state index in [-0.39, 0.29) is 18.3 Å². The highest BCUT2D eigenvalue weighted by Crippen LogP contribution is 2.25. The van der Waals surface area contributed by atoms with Crippen molar-refractivity contribution in [2.45, 2.75) is 51.2 Å². The van der Waals surface area contributed by atoms with Crippen molar-refractivity contribution in [3.63, 3.8) is 0 Å². The maximum Gasteiger partial charge on any atom is 0.181 e. The van der Waals surface area contributed by atoms with Gasteiger partial charge in [-0.3, -0.25) is 0 Å². The highest BCUT2D eigenvalue weighted by Gasteiger charge is 2.36. The molecule has 0 amide bonds. The third-order valence-corrected chi connectivity index (χ3v) is 4.27. The summed E-state index contributed by atoms with van der Waals surface area (Å²) in [5.74, 6) is 0. The number of aliphatic hydroxyl groups excluding tert-OH is 1. The lowest BCUT2D eigenvalue weighted by Crippen LogP contribution is -2.48. The van der Waals surface area contributed by atoms with Crippen LogP contribution in [-0.2, 0) is 27.4 Å². The van der Waals surface area contributed by atoms with Gasteiger partial charge in [0.2, 0.25) is 0 Å². The van der Waals surface area contributed by atoms with E-state index in [4.69, 9.17) is 14.2 Å². The van der Waals surface area contributed by atoms with Crippen molar-refractivity contribution in [1.29, 1.82) is 0 Å². The van der Waals surface area contributed by atoms with E-state index in [1.165, 1.54) is 0 Å². The lowest BCUT2D eigenvalue weighted by molar-refractivity contribution is -0.262. The fourth-order valence-electron chi connectivity index (χ4n) is 2.84. The van der Waals surface area contributed by atoms with E-state index >= 15 is 0 Å². The standard InChI is InChI=1S/C20H24O4/c1-15-18(22-13-16-8-4-2-5-9-16)12-19(20(21)24-15)23-14-17-10-6-3-7-11-17/h2-11,15,18-21H,12-14H2,1H3/t15-,18-,19-,20-/m1/s1. The number of rotatable bonds is 6. The molecule has 3 rings (SSSR count). The molecule has 0 aromatic heterocycles. The van der Waals surface area contributed by atoms with Gasteiger partial charge in [-0.05, 0) is 18.1 Å². The summed E-state index contributed by atoms with van der Waals surface area (Å²) in [7, 11) is 0. The predicted octanol–water partition coefficient (Wildman–Crippen LogP) is 3.28. The lowest BCUT2D eigenvalue weighted by Gasteiger charge is -2.37. The van der Waals surface area contributed by atoms with E-state index in [0.29, 0.717) is 19.6 Å². The van der Waals surface area contributed by atoms with Crippen LogP contribution in [0.4, 0.5) is 0 Å². The number of hydrogen-bond acceptors (Lipinski definition) is 4. The molecule has 0 aliphatic carbocycles. The predicted molar refractivity (Wildman–Crippen MR) is 91.2 cm³/mol. The molecule has 1 heterocycles. The van der Waals surface area contributed by atoms with E-state index in [1.54, 1.807) is 0 Å². The summed E-state index contributed by atoms with van der Waals surface area (Å²) in [4.78, 5) is 0. The Morgan fingerprint density at radius 1 is 0.875 bits per heavy atom. The summed E-state index contributed by atoms with van der Waals surface area (Å²) < 4.78 is 17.4. The van der Waals surface area contributed by atoms with Crippen molar-refractivity contribution in [3.05, 3.63) is 71.8 Å². The topological polar surface area (TPSA) is 47.9 Å². The molecule has 1 N–H and O–H groups in total. The molecule has 1 aliphatic heterocycles. The number of ether oxygens (including phenoxy) is 3. The molecule has 4 heteroatoms. The maximum atomic E-state index is 10.1. The summed E-state index contributed by atoms with van der Waals surface area (Å²) in [6.07, 6.45) is -0.959. The average molecular weight is 328 g/mol. The first-order valence-electron chi connectivity index (χ1n) is 8.37. The largest absolute Gasteiger partial charge is 0.371 e. The first-order chi connectivity index (χ1) is 11.7. The van der Waals surface area contributed by atoms with Crippen molar-refractivity contribution in [2.24, 2.45) is 0 Å². The molecule has 0 bridgehead atoms. The van der Waals surface area contributed by atoms with Crippen molar-refractivity contribution in [1.82, 2.24) is 0 Å². The van der Waals surface area contributed by atoms with Gasteiger partial charge in [0.05, 0.1) is 25.4 Å². The molecule has 24 heavy (non-hydrogen) atoms. The van der Waals surface area contributed by atoms with Gasteiger partial charge in [0.1, 0.15) is 6.10 Å². The quantitative estimate of drug-likeness (QED) is 0.884. The van der Waals surface area contributed by atoms with Gasteiger partial charge in [-0.2, -0.15) is 0 Å². The minimum Gasteiger partial charge on any atom is -0.371 e. The van der Waals surface area contributed by atoms with Crippen LogP contribution in [0.2, 0.25) is 0 Å². The third-order valence-electron chi connectivity index (χ3n) is 4.27. The van der Waals surface area contributed by atoms with Gasteiger partial charge in [-0.15, -0.1) is 0 Å². The Labute approximate surface area is 143 Å². The first-order valence-corrected chi connectivity index (χ1v) is 8.37. The van der Waals surface area contributed by atoms with E-state index in [2.05, 4.69) is 0 Å². The van der Waals surface area contributed by atoms with Crippen LogP contribution in [0.15, 0.2) is 60.7 Å². The van der Waals surface area contributed by atoms with Crippen molar-refractivity contribution < 1.29 is 19.3 Å². The average Bonchev–Trinajstić information content (AvgIpc) is 2.62. The molecule has 1 aliphatic rings. The van der Waals surface area contributed by atoms with E-state index in [9.17, 15) is 5.11 Å². The van der Waals surface area contributed by atoms with E-state index in [0.717, 1.165) is 11.1 Å². The van der Waals surface area contributed by atoms with Gasteiger partial charge in [0.15, 0.2) is 6.29 Å². The third kappa shape index (κ3) is 4.65. The van der Waals surface area contributed by atoms with Crippen molar-refractivity contribution in [3.8, 4) is 0 Å². The van der Waals surface area contributed by atoms with Gasteiger partial charge in [-0.25, -0.2) is 0 Å². The summed E-state index contributed by atoms with van der Waals surface area (Å²) in [6.45, 7) is 2.90. The smallest absolute Gasteiger partial charge is 0.181 e. The molecule has 0 radical (unpaired) electrons. The normalized spacial score (nSPS) is 27.1. The van der Waals surface area contributed by atoms with Gasteiger partial charge >= 0.3 is 0 Å². The molecule has 4 nitrogen and oxygen atoms in total. The second-order valence-electron chi connectivity index (χ2n) is 6.14. The maximum absolute atomic E-state index is 10.1. The minimum atomic E-state index is -0.916. The second-order valence-corrected chi connectivity index (χ2v) is 6.14. The van der Waals surface area contributed by atoms with Crippen LogP contribution in [0.25, 0.3) is 0 Å². The minimum absolute atomic E-state index is 0.102. The fraction of sp³-hybridized carbons (Fsp3) is 0.400. The Balaban J connectivity index is 1.53. The molecular weight excluding hydrogens is 304 g/mol. The van der Waals surface area contributed by atoms with E-state index < -0.39 is 6.29 Å². The molecule has 0 saturated carbocycles. The Kier molecular flexibility index (Phi) is 5.99. The molecule has 1 fully saturated rings. The number of hydrogen-bond donors (Lipinski definition) is 1. The SMILES string of the molecule is C[C@H]1O[C@@H](O)[C@H](OCc2ccccc2)C[C@H]1OCc1ccccc1. The Bertz CT molecular complexity index is 548.